The molecule has 1 atom stereocenters. The number of benzene rings is 2. The van der Waals surface area contributed by atoms with Crippen molar-refractivity contribution in [3.8, 4) is 5.75 Å². The molecule has 2 aromatic rings. The molecule has 0 unspecified atom stereocenters. The van der Waals surface area contributed by atoms with Crippen LogP contribution in [0.25, 0.3) is 0 Å². The number of nitrogens with zero attached hydrogens (tertiary/aromatic N) is 2. The van der Waals surface area contributed by atoms with E-state index in [2.05, 4.69) is 10.2 Å². The third-order valence-corrected chi connectivity index (χ3v) is 8.77. The van der Waals surface area contributed by atoms with Gasteiger partial charge in [0, 0.05) is 49.2 Å². The molecule has 2 heterocycles. The molecule has 4 rings (SSSR count). The van der Waals surface area contributed by atoms with E-state index in [1.165, 1.54) is 17.8 Å². The fourth-order valence-corrected chi connectivity index (χ4v) is 6.08. The van der Waals surface area contributed by atoms with Gasteiger partial charge in [-0.25, -0.2) is 8.42 Å². The van der Waals surface area contributed by atoms with Crippen LogP contribution in [0.5, 0.6) is 5.75 Å². The fourth-order valence-electron chi connectivity index (χ4n) is 3.90. The zero-order chi connectivity index (χ0) is 23.6. The van der Waals surface area contributed by atoms with Crippen molar-refractivity contribution in [1.82, 2.24) is 4.90 Å². The second kappa shape index (κ2) is 9.64. The number of carbonyl (C=O) groups excluding carboxylic acids is 2. The molecule has 10 heteroatoms. The lowest BCUT2D eigenvalue weighted by atomic mass is 10.2. The molecule has 8 nitrogen and oxygen atoms in total. The van der Waals surface area contributed by atoms with Crippen LogP contribution < -0.4 is 15.0 Å². The molecular weight excluding hydrogens is 462 g/mol. The van der Waals surface area contributed by atoms with E-state index in [-0.39, 0.29) is 34.1 Å². The first-order valence-corrected chi connectivity index (χ1v) is 13.3. The van der Waals surface area contributed by atoms with E-state index in [1.807, 2.05) is 24.3 Å². The van der Waals surface area contributed by atoms with Crippen LogP contribution in [0.1, 0.15) is 13.3 Å². The molecule has 1 saturated heterocycles. The van der Waals surface area contributed by atoms with Crippen molar-refractivity contribution in [1.29, 1.82) is 0 Å². The van der Waals surface area contributed by atoms with Crippen molar-refractivity contribution in [3.63, 3.8) is 0 Å². The average Bonchev–Trinajstić information content (AvgIpc) is 2.83. The Morgan fingerprint density at radius 1 is 1.15 bits per heavy atom. The van der Waals surface area contributed by atoms with Crippen molar-refractivity contribution in [2.45, 2.75) is 28.4 Å². The normalized spacial score (nSPS) is 18.5. The van der Waals surface area contributed by atoms with Gasteiger partial charge >= 0.3 is 0 Å². The van der Waals surface area contributed by atoms with E-state index in [1.54, 1.807) is 31.1 Å². The Balaban J connectivity index is 1.33. The van der Waals surface area contributed by atoms with Gasteiger partial charge in [-0.15, -0.1) is 11.8 Å². The van der Waals surface area contributed by atoms with Crippen LogP contribution in [0.2, 0.25) is 0 Å². The maximum Gasteiger partial charge on any atom is 0.237 e. The number of nitrogens with one attached hydrogen (secondary N) is 1. The van der Waals surface area contributed by atoms with Gasteiger partial charge in [-0.1, -0.05) is 6.07 Å². The second-order valence-corrected chi connectivity index (χ2v) is 11.5. The SMILES string of the molecule is COc1cccc(N2CCN(C(=O)CCS(=O)(=O)c3ccc4c(c3)NC(=O)[C@@H](C)S4)CC2)c1. The van der Waals surface area contributed by atoms with Gasteiger partial charge in [0.05, 0.1) is 28.7 Å². The van der Waals surface area contributed by atoms with E-state index in [0.717, 1.165) is 16.3 Å². The van der Waals surface area contributed by atoms with Crippen LogP contribution in [0.4, 0.5) is 11.4 Å². The summed E-state index contributed by atoms with van der Waals surface area (Å²) in [4.78, 5) is 29.5. The Bertz CT molecular complexity index is 1160. The molecule has 2 aromatic carbocycles. The topological polar surface area (TPSA) is 96.0 Å². The highest BCUT2D eigenvalue weighted by Gasteiger charge is 2.27. The molecule has 33 heavy (non-hydrogen) atoms. The summed E-state index contributed by atoms with van der Waals surface area (Å²) in [6.07, 6.45) is -0.0727. The number of thioether (sulfide) groups is 1. The zero-order valence-electron chi connectivity index (χ0n) is 18.6. The Labute approximate surface area is 198 Å². The maximum absolute atomic E-state index is 12.8. The van der Waals surface area contributed by atoms with Crippen LogP contribution in [0.15, 0.2) is 52.3 Å². The first-order chi connectivity index (χ1) is 15.8. The Morgan fingerprint density at radius 2 is 1.91 bits per heavy atom. The quantitative estimate of drug-likeness (QED) is 0.666. The first-order valence-electron chi connectivity index (χ1n) is 10.8. The van der Waals surface area contributed by atoms with E-state index in [0.29, 0.717) is 31.9 Å². The molecule has 0 aliphatic carbocycles. The minimum atomic E-state index is -3.65. The molecule has 0 spiro atoms. The summed E-state index contributed by atoms with van der Waals surface area (Å²) in [5.74, 6) is 0.203. The van der Waals surface area contributed by atoms with Gasteiger partial charge in [0.1, 0.15) is 5.75 Å². The highest BCUT2D eigenvalue weighted by molar-refractivity contribution is 8.01. The van der Waals surface area contributed by atoms with E-state index in [4.69, 9.17) is 4.74 Å². The molecule has 2 aliphatic rings. The summed E-state index contributed by atoms with van der Waals surface area (Å²) in [5.41, 5.74) is 1.54. The largest absolute Gasteiger partial charge is 0.497 e. The maximum atomic E-state index is 12.8. The Morgan fingerprint density at radius 3 is 2.64 bits per heavy atom. The number of anilines is 2. The Hall–Kier alpha value is -2.72. The summed E-state index contributed by atoms with van der Waals surface area (Å²) in [7, 11) is -2.02. The van der Waals surface area contributed by atoms with Crippen molar-refractivity contribution >= 4 is 44.8 Å². The second-order valence-electron chi connectivity index (χ2n) is 8.05. The standard InChI is InChI=1S/C23H27N3O5S2/c1-16-23(28)24-20-15-19(6-7-21(20)32-16)33(29,30)13-8-22(27)26-11-9-25(10-12-26)17-4-3-5-18(14-17)31-2/h3-7,14-16H,8-13H2,1-2H3,(H,24,28)/t16-/m1/s1. The monoisotopic (exact) mass is 489 g/mol. The van der Waals surface area contributed by atoms with Gasteiger partial charge in [0.2, 0.25) is 11.8 Å². The molecule has 0 bridgehead atoms. The van der Waals surface area contributed by atoms with Gasteiger partial charge in [-0.3, -0.25) is 9.59 Å². The van der Waals surface area contributed by atoms with Crippen molar-refractivity contribution in [2.75, 3.05) is 49.3 Å². The molecule has 0 radical (unpaired) electrons. The molecule has 176 valence electrons. The summed E-state index contributed by atoms with van der Waals surface area (Å²) >= 11 is 1.40. The van der Waals surface area contributed by atoms with Crippen molar-refractivity contribution < 1.29 is 22.7 Å². The summed E-state index contributed by atoms with van der Waals surface area (Å²) in [6.45, 7) is 4.22. The van der Waals surface area contributed by atoms with Crippen molar-refractivity contribution in [3.05, 3.63) is 42.5 Å². The van der Waals surface area contributed by atoms with Gasteiger partial charge in [-0.2, -0.15) is 0 Å². The van der Waals surface area contributed by atoms with Crippen LogP contribution in [-0.4, -0.2) is 69.4 Å². The number of fused-ring (bicyclic) bond motifs is 1. The molecule has 0 aromatic heterocycles. The first kappa shape index (κ1) is 23.4. The lowest BCUT2D eigenvalue weighted by Crippen LogP contribution is -2.49. The van der Waals surface area contributed by atoms with Crippen LogP contribution in [0, 0.1) is 0 Å². The lowest BCUT2D eigenvalue weighted by molar-refractivity contribution is -0.131. The lowest BCUT2D eigenvalue weighted by Gasteiger charge is -2.36. The number of hydrogen-bond acceptors (Lipinski definition) is 7. The van der Waals surface area contributed by atoms with E-state index < -0.39 is 9.84 Å². The highest BCUT2D eigenvalue weighted by Crippen LogP contribution is 2.37. The fraction of sp³-hybridized carbons (Fsp3) is 0.391. The minimum absolute atomic E-state index is 0.0727. The number of rotatable bonds is 6. The molecule has 2 aliphatic heterocycles. The summed E-state index contributed by atoms with van der Waals surface area (Å²) in [6, 6.07) is 12.5. The minimum Gasteiger partial charge on any atom is -0.497 e. The van der Waals surface area contributed by atoms with Gasteiger partial charge in [-0.05, 0) is 37.3 Å². The molecule has 0 saturated carbocycles. The Kier molecular flexibility index (Phi) is 6.85. The van der Waals surface area contributed by atoms with E-state index >= 15 is 0 Å². The van der Waals surface area contributed by atoms with E-state index in [9.17, 15) is 18.0 Å². The number of methoxy groups -OCH3 is 1. The van der Waals surface area contributed by atoms with Gasteiger partial charge in [0.15, 0.2) is 9.84 Å². The molecule has 2 amide bonds. The smallest absolute Gasteiger partial charge is 0.237 e. The highest BCUT2D eigenvalue weighted by atomic mass is 32.2. The number of piperazine rings is 1. The number of ether oxygens (including phenoxy) is 1. The number of carbonyl (C=O) groups is 2. The molecular formula is C23H27N3O5S2. The third-order valence-electron chi connectivity index (χ3n) is 5.88. The van der Waals surface area contributed by atoms with Gasteiger partial charge in [0.25, 0.3) is 0 Å². The van der Waals surface area contributed by atoms with Crippen molar-refractivity contribution in [2.24, 2.45) is 0 Å². The van der Waals surface area contributed by atoms with Crippen LogP contribution >= 0.6 is 11.8 Å². The number of hydrogen-bond donors (Lipinski definition) is 1. The summed E-state index contributed by atoms with van der Waals surface area (Å²) in [5, 5.41) is 2.53. The van der Waals surface area contributed by atoms with Crippen LogP contribution in [0.3, 0.4) is 0 Å². The number of sulfone groups is 1. The molecule has 1 N–H and O–H groups in total. The zero-order valence-corrected chi connectivity index (χ0v) is 20.2. The number of amides is 2. The average molecular weight is 490 g/mol. The predicted octanol–water partition coefficient (Wildman–Crippen LogP) is 2.64. The van der Waals surface area contributed by atoms with Gasteiger partial charge < -0.3 is 19.9 Å². The van der Waals surface area contributed by atoms with Crippen LogP contribution in [-0.2, 0) is 19.4 Å². The third kappa shape index (κ3) is 5.27. The molecule has 1 fully saturated rings. The predicted molar refractivity (Wildman–Crippen MR) is 129 cm³/mol. The summed E-state index contributed by atoms with van der Waals surface area (Å²) < 4.78 is 31.0.